The summed E-state index contributed by atoms with van der Waals surface area (Å²) < 4.78 is 11.0. The monoisotopic (exact) mass is 489 g/mol. The molecule has 0 saturated carbocycles. The Hall–Kier alpha value is -2.77. The predicted molar refractivity (Wildman–Crippen MR) is 137 cm³/mol. The van der Waals surface area contributed by atoms with Gasteiger partial charge in [0.2, 0.25) is 11.8 Å². The number of nitrogens with zero attached hydrogens (tertiary/aromatic N) is 2. The van der Waals surface area contributed by atoms with Crippen LogP contribution in [0.1, 0.15) is 72.8 Å². The highest BCUT2D eigenvalue weighted by molar-refractivity contribution is 5.78. The Bertz CT molecular complexity index is 840. The number of hydrogen-bond acceptors (Lipinski definition) is 5. The molecule has 1 aliphatic rings. The third-order valence-corrected chi connectivity index (χ3v) is 5.73. The molecule has 0 atom stereocenters. The van der Waals surface area contributed by atoms with Crippen LogP contribution in [-0.4, -0.2) is 72.6 Å². The van der Waals surface area contributed by atoms with E-state index in [2.05, 4.69) is 38.2 Å². The summed E-state index contributed by atoms with van der Waals surface area (Å²) in [4.78, 5) is 40.5. The van der Waals surface area contributed by atoms with Gasteiger partial charge < -0.3 is 24.6 Å². The van der Waals surface area contributed by atoms with Crippen molar-refractivity contribution in [3.8, 4) is 5.75 Å². The zero-order valence-electron chi connectivity index (χ0n) is 22.3. The number of ether oxygens (including phenoxy) is 2. The number of rotatable bonds is 8. The summed E-state index contributed by atoms with van der Waals surface area (Å²) in [6.45, 7) is 14.9. The van der Waals surface area contributed by atoms with E-state index in [0.29, 0.717) is 45.6 Å². The lowest BCUT2D eigenvalue weighted by atomic mass is 9.87. The van der Waals surface area contributed by atoms with E-state index in [4.69, 9.17) is 9.47 Å². The van der Waals surface area contributed by atoms with Crippen LogP contribution in [-0.2, 0) is 19.7 Å². The molecule has 1 heterocycles. The fourth-order valence-corrected chi connectivity index (χ4v) is 3.78. The van der Waals surface area contributed by atoms with Crippen molar-refractivity contribution in [2.75, 3.05) is 39.3 Å². The number of benzene rings is 1. The lowest BCUT2D eigenvalue weighted by molar-refractivity contribution is -0.133. The van der Waals surface area contributed by atoms with Gasteiger partial charge in [-0.15, -0.1) is 0 Å². The molecular weight excluding hydrogens is 446 g/mol. The first-order valence-corrected chi connectivity index (χ1v) is 12.6. The van der Waals surface area contributed by atoms with Gasteiger partial charge in [-0.3, -0.25) is 9.59 Å². The Balaban J connectivity index is 1.66. The number of nitrogens with one attached hydrogen (secondary N) is 1. The smallest absolute Gasteiger partial charge is 0.407 e. The highest BCUT2D eigenvalue weighted by atomic mass is 16.6. The Labute approximate surface area is 210 Å². The zero-order valence-corrected chi connectivity index (χ0v) is 22.3. The van der Waals surface area contributed by atoms with Crippen LogP contribution >= 0.6 is 0 Å². The molecule has 1 saturated heterocycles. The molecule has 1 N–H and O–H groups in total. The minimum atomic E-state index is -0.571. The normalized spacial score (nSPS) is 14.8. The van der Waals surface area contributed by atoms with E-state index in [1.807, 2.05) is 17.0 Å². The van der Waals surface area contributed by atoms with Gasteiger partial charge in [0.15, 0.2) is 0 Å². The molecule has 1 fully saturated rings. The average Bonchev–Trinajstić information content (AvgIpc) is 3.01. The van der Waals surface area contributed by atoms with Crippen LogP contribution in [0.5, 0.6) is 5.75 Å². The van der Waals surface area contributed by atoms with E-state index in [9.17, 15) is 14.4 Å². The van der Waals surface area contributed by atoms with Crippen molar-refractivity contribution in [1.29, 1.82) is 0 Å². The molecule has 8 nitrogen and oxygen atoms in total. The van der Waals surface area contributed by atoms with Crippen molar-refractivity contribution in [2.45, 2.75) is 78.2 Å². The van der Waals surface area contributed by atoms with E-state index in [-0.39, 0.29) is 30.2 Å². The maximum absolute atomic E-state index is 12.7. The summed E-state index contributed by atoms with van der Waals surface area (Å²) in [5.41, 5.74) is 0.793. The summed E-state index contributed by atoms with van der Waals surface area (Å²) in [7, 11) is 0. The molecule has 35 heavy (non-hydrogen) atoms. The molecule has 2 rings (SSSR count). The minimum absolute atomic E-state index is 0.0266. The van der Waals surface area contributed by atoms with Crippen LogP contribution in [0.25, 0.3) is 0 Å². The summed E-state index contributed by atoms with van der Waals surface area (Å²) in [5.74, 6) is 0.884. The minimum Gasteiger partial charge on any atom is -0.494 e. The van der Waals surface area contributed by atoms with E-state index >= 15 is 0 Å². The number of carbonyl (C=O) groups is 3. The van der Waals surface area contributed by atoms with Crippen molar-refractivity contribution in [3.05, 3.63) is 29.8 Å². The van der Waals surface area contributed by atoms with Gasteiger partial charge in [-0.2, -0.15) is 0 Å². The van der Waals surface area contributed by atoms with Gasteiger partial charge in [-0.05, 0) is 56.7 Å². The molecule has 1 aromatic rings. The van der Waals surface area contributed by atoms with Gasteiger partial charge in [0.05, 0.1) is 6.61 Å². The SMILES string of the molecule is CC(C)(C)OC(=O)NCCC(=O)N1CCCN(C(=O)CCCOc2ccc(C(C)(C)C)cc2)CC1. The van der Waals surface area contributed by atoms with Crippen LogP contribution in [0, 0.1) is 0 Å². The number of amides is 3. The van der Waals surface area contributed by atoms with E-state index in [1.165, 1.54) is 5.56 Å². The van der Waals surface area contributed by atoms with Crippen LogP contribution in [0.4, 0.5) is 4.79 Å². The van der Waals surface area contributed by atoms with Crippen LogP contribution in [0.15, 0.2) is 24.3 Å². The topological polar surface area (TPSA) is 88.2 Å². The lowest BCUT2D eigenvalue weighted by Crippen LogP contribution is -2.39. The van der Waals surface area contributed by atoms with Gasteiger partial charge in [-0.25, -0.2) is 4.79 Å². The predicted octanol–water partition coefficient (Wildman–Crippen LogP) is 4.12. The van der Waals surface area contributed by atoms with Gasteiger partial charge >= 0.3 is 6.09 Å². The first kappa shape index (κ1) is 28.5. The fraction of sp³-hybridized carbons (Fsp3) is 0.667. The first-order chi connectivity index (χ1) is 16.3. The summed E-state index contributed by atoms with van der Waals surface area (Å²) in [6, 6.07) is 8.12. The van der Waals surface area contributed by atoms with Crippen LogP contribution in [0.3, 0.4) is 0 Å². The Morgan fingerprint density at radius 1 is 0.857 bits per heavy atom. The Kier molecular flexibility index (Phi) is 10.4. The highest BCUT2D eigenvalue weighted by Crippen LogP contribution is 2.24. The molecule has 8 heteroatoms. The molecule has 0 unspecified atom stereocenters. The largest absolute Gasteiger partial charge is 0.494 e. The molecule has 1 aliphatic heterocycles. The molecule has 1 aromatic carbocycles. The maximum atomic E-state index is 12.7. The van der Waals surface area contributed by atoms with Gasteiger partial charge in [0.25, 0.3) is 0 Å². The number of alkyl carbamates (subject to hydrolysis) is 1. The van der Waals surface area contributed by atoms with Crippen LogP contribution < -0.4 is 10.1 Å². The van der Waals surface area contributed by atoms with Gasteiger partial charge in [-0.1, -0.05) is 32.9 Å². The van der Waals surface area contributed by atoms with Gasteiger partial charge in [0, 0.05) is 45.6 Å². The van der Waals surface area contributed by atoms with E-state index < -0.39 is 11.7 Å². The second kappa shape index (κ2) is 12.8. The molecule has 0 radical (unpaired) electrons. The fourth-order valence-electron chi connectivity index (χ4n) is 3.78. The second-order valence-corrected chi connectivity index (χ2v) is 11.0. The molecule has 196 valence electrons. The molecule has 0 spiro atoms. The molecular formula is C27H43N3O5. The quantitative estimate of drug-likeness (QED) is 0.555. The van der Waals surface area contributed by atoms with Crippen LogP contribution in [0.2, 0.25) is 0 Å². The number of hydrogen-bond donors (Lipinski definition) is 1. The lowest BCUT2D eigenvalue weighted by Gasteiger charge is -2.23. The van der Waals surface area contributed by atoms with Crippen molar-refractivity contribution >= 4 is 17.9 Å². The van der Waals surface area contributed by atoms with E-state index in [0.717, 1.165) is 12.2 Å². The summed E-state index contributed by atoms with van der Waals surface area (Å²) >= 11 is 0. The van der Waals surface area contributed by atoms with Crippen molar-refractivity contribution in [2.24, 2.45) is 0 Å². The average molecular weight is 490 g/mol. The Morgan fingerprint density at radius 3 is 1.97 bits per heavy atom. The van der Waals surface area contributed by atoms with Crippen molar-refractivity contribution < 1.29 is 23.9 Å². The summed E-state index contributed by atoms with van der Waals surface area (Å²) in [5, 5.41) is 2.62. The third kappa shape index (κ3) is 10.6. The second-order valence-electron chi connectivity index (χ2n) is 11.0. The highest BCUT2D eigenvalue weighted by Gasteiger charge is 2.22. The Morgan fingerprint density at radius 2 is 1.43 bits per heavy atom. The van der Waals surface area contributed by atoms with E-state index in [1.54, 1.807) is 25.7 Å². The summed E-state index contributed by atoms with van der Waals surface area (Å²) in [6.07, 6.45) is 1.50. The molecule has 0 aromatic heterocycles. The van der Waals surface area contributed by atoms with Gasteiger partial charge in [0.1, 0.15) is 11.4 Å². The molecule has 0 aliphatic carbocycles. The third-order valence-electron chi connectivity index (χ3n) is 5.73. The molecule has 0 bridgehead atoms. The number of carbonyl (C=O) groups excluding carboxylic acids is 3. The molecule has 3 amide bonds. The van der Waals surface area contributed by atoms with Crippen molar-refractivity contribution in [1.82, 2.24) is 15.1 Å². The maximum Gasteiger partial charge on any atom is 0.407 e. The standard InChI is InChI=1S/C27H43N3O5/c1-26(2,3)21-10-12-22(13-11-21)34-20-7-9-23(31)29-16-8-17-30(19-18-29)24(32)14-15-28-25(33)35-27(4,5)6/h10-13H,7-9,14-20H2,1-6H3,(H,28,33). The first-order valence-electron chi connectivity index (χ1n) is 12.6. The van der Waals surface area contributed by atoms with Crippen molar-refractivity contribution in [3.63, 3.8) is 0 Å². The zero-order chi connectivity index (χ0) is 26.1.